The fraction of sp³-hybridized carbons (Fsp3) is 0.0769. The average Bonchev–Trinajstić information content (AvgIpc) is 3.53. The second kappa shape index (κ2) is 8.91. The molecule has 6 rings (SSSR count). The molecule has 36 heavy (non-hydrogen) atoms. The van der Waals surface area contributed by atoms with Crippen molar-refractivity contribution in [2.24, 2.45) is 0 Å². The zero-order valence-electron chi connectivity index (χ0n) is 19.0. The maximum Gasteiger partial charge on any atom is 0.164 e. The summed E-state index contributed by atoms with van der Waals surface area (Å²) in [6.07, 6.45) is -1.34. The number of nitrogens with one attached hydrogen (secondary N) is 2. The Bertz CT molecular complexity index is 1540. The van der Waals surface area contributed by atoms with Crippen molar-refractivity contribution >= 4 is 33.4 Å². The van der Waals surface area contributed by atoms with Crippen molar-refractivity contribution in [3.05, 3.63) is 97.1 Å². The normalized spacial score (nSPS) is 13.0. The topological polar surface area (TPSA) is 126 Å². The largest absolute Gasteiger partial charge is 0.506 e. The van der Waals surface area contributed by atoms with Crippen molar-refractivity contribution in [1.82, 2.24) is 30.0 Å². The molecular weight excluding hydrogens is 456 g/mol. The Kier molecular flexibility index (Phi) is 5.30. The minimum Gasteiger partial charge on any atom is -0.506 e. The molecule has 10 heteroatoms. The highest BCUT2D eigenvalue weighted by molar-refractivity contribution is 5.75. The first-order valence-electron chi connectivity index (χ1n) is 11.4. The van der Waals surface area contributed by atoms with Crippen LogP contribution in [0.4, 0.5) is 11.4 Å². The smallest absolute Gasteiger partial charge is 0.164 e. The van der Waals surface area contributed by atoms with Crippen molar-refractivity contribution in [1.29, 1.82) is 0 Å². The summed E-state index contributed by atoms with van der Waals surface area (Å²) in [6, 6.07) is 29.2. The number of aromatic hydroxyl groups is 2. The lowest BCUT2D eigenvalue weighted by Gasteiger charge is -2.31. The summed E-state index contributed by atoms with van der Waals surface area (Å²) in [7, 11) is 0. The van der Waals surface area contributed by atoms with Gasteiger partial charge in [0.2, 0.25) is 0 Å². The van der Waals surface area contributed by atoms with Crippen LogP contribution in [0.5, 0.6) is 11.5 Å². The molecule has 4 N–H and O–H groups in total. The van der Waals surface area contributed by atoms with Crippen molar-refractivity contribution in [2.45, 2.75) is 12.3 Å². The van der Waals surface area contributed by atoms with Gasteiger partial charge >= 0.3 is 0 Å². The van der Waals surface area contributed by atoms with Crippen molar-refractivity contribution in [3.63, 3.8) is 0 Å². The zero-order chi connectivity index (χ0) is 24.5. The first-order valence-corrected chi connectivity index (χ1v) is 11.4. The second-order valence-electron chi connectivity index (χ2n) is 8.26. The van der Waals surface area contributed by atoms with Crippen LogP contribution in [0.2, 0.25) is 0 Å². The van der Waals surface area contributed by atoms with Crippen molar-refractivity contribution < 1.29 is 10.2 Å². The molecule has 10 nitrogen and oxygen atoms in total. The van der Waals surface area contributed by atoms with Crippen LogP contribution in [0.3, 0.4) is 0 Å². The number of hydrogen-bond acceptors (Lipinski definition) is 8. The van der Waals surface area contributed by atoms with Gasteiger partial charge in [-0.15, -0.1) is 10.2 Å². The van der Waals surface area contributed by atoms with E-state index in [0.29, 0.717) is 22.4 Å². The van der Waals surface area contributed by atoms with Gasteiger partial charge in [0.15, 0.2) is 12.3 Å². The number of phenolic OH excluding ortho intramolecular Hbond substituents is 2. The van der Waals surface area contributed by atoms with Crippen LogP contribution in [-0.4, -0.2) is 40.2 Å². The second-order valence-corrected chi connectivity index (χ2v) is 8.26. The molecule has 6 aromatic rings. The van der Waals surface area contributed by atoms with Crippen LogP contribution in [0, 0.1) is 0 Å². The Morgan fingerprint density at radius 2 is 0.917 bits per heavy atom. The van der Waals surface area contributed by atoms with Crippen LogP contribution in [0.1, 0.15) is 12.3 Å². The van der Waals surface area contributed by atoms with Gasteiger partial charge in [0.05, 0.1) is 22.4 Å². The van der Waals surface area contributed by atoms with Gasteiger partial charge < -0.3 is 20.8 Å². The molecule has 178 valence electrons. The molecule has 0 aliphatic carbocycles. The number of rotatable bonds is 7. The molecule has 2 aromatic heterocycles. The number of nitrogens with zero attached hydrogens (tertiary/aromatic N) is 6. The SMILES string of the molecule is Oc1ccccc1N[C@@H]([C@H](Nc1ccccc1O)n1nnc2ccccc21)n1nnc2ccccc21. The average molecular weight is 479 g/mol. The third-order valence-corrected chi connectivity index (χ3v) is 6.00. The fourth-order valence-corrected chi connectivity index (χ4v) is 4.24. The molecule has 0 radical (unpaired) electrons. The summed E-state index contributed by atoms with van der Waals surface area (Å²) in [5.74, 6) is 0.161. The third kappa shape index (κ3) is 3.80. The van der Waals surface area contributed by atoms with E-state index in [2.05, 4.69) is 31.3 Å². The van der Waals surface area contributed by atoms with Crippen LogP contribution in [0.15, 0.2) is 97.1 Å². The van der Waals surface area contributed by atoms with E-state index in [1.54, 1.807) is 45.8 Å². The molecule has 0 aliphatic heterocycles. The van der Waals surface area contributed by atoms with Gasteiger partial charge in [0.1, 0.15) is 22.5 Å². The molecule has 0 saturated carbocycles. The Balaban J connectivity index is 1.57. The van der Waals surface area contributed by atoms with Crippen molar-refractivity contribution in [3.8, 4) is 11.5 Å². The molecular formula is C26H22N8O2. The number of benzene rings is 4. The van der Waals surface area contributed by atoms with E-state index < -0.39 is 12.3 Å². The number of para-hydroxylation sites is 6. The molecule has 0 fully saturated rings. The zero-order valence-corrected chi connectivity index (χ0v) is 19.0. The molecule has 4 aromatic carbocycles. The highest BCUT2D eigenvalue weighted by Crippen LogP contribution is 2.35. The number of aromatic nitrogens is 6. The van der Waals surface area contributed by atoms with Gasteiger partial charge in [-0.3, -0.25) is 0 Å². The number of phenols is 2. The molecule has 2 atom stereocenters. The lowest BCUT2D eigenvalue weighted by molar-refractivity contribution is 0.344. The highest BCUT2D eigenvalue weighted by atomic mass is 16.3. The summed E-state index contributed by atoms with van der Waals surface area (Å²) in [5.41, 5.74) is 3.97. The van der Waals surface area contributed by atoms with Gasteiger partial charge in [0.25, 0.3) is 0 Å². The number of hydrogen-bond donors (Lipinski definition) is 4. The van der Waals surface area contributed by atoms with Gasteiger partial charge in [-0.1, -0.05) is 59.0 Å². The maximum atomic E-state index is 10.6. The van der Waals surface area contributed by atoms with Crippen LogP contribution >= 0.6 is 0 Å². The van der Waals surface area contributed by atoms with E-state index >= 15 is 0 Å². The number of fused-ring (bicyclic) bond motifs is 2. The first-order chi connectivity index (χ1) is 17.7. The third-order valence-electron chi connectivity index (χ3n) is 6.00. The quantitative estimate of drug-likeness (QED) is 0.247. The standard InChI is InChI=1S/C26H22N8O2/c35-23-15-7-3-11-19(23)27-25(33-21-13-5-1-9-17(21)29-31-33)26(28-20-12-4-8-16-24(20)36)34-22-14-6-2-10-18(22)30-32-34/h1-16,25-28,35-36H/t25-,26-/m1/s1. The summed E-state index contributed by atoms with van der Waals surface area (Å²) < 4.78 is 3.46. The summed E-state index contributed by atoms with van der Waals surface area (Å²) in [5, 5.41) is 45.6. The molecule has 0 saturated heterocycles. The minimum atomic E-state index is -0.671. The molecule has 0 amide bonds. The van der Waals surface area contributed by atoms with Gasteiger partial charge in [-0.2, -0.15) is 0 Å². The minimum absolute atomic E-state index is 0.0803. The van der Waals surface area contributed by atoms with E-state index in [0.717, 1.165) is 11.0 Å². The molecule has 0 aliphatic rings. The van der Waals surface area contributed by atoms with Crippen molar-refractivity contribution in [2.75, 3.05) is 10.6 Å². The fourth-order valence-electron chi connectivity index (χ4n) is 4.24. The highest BCUT2D eigenvalue weighted by Gasteiger charge is 2.31. The van der Waals surface area contributed by atoms with E-state index in [9.17, 15) is 10.2 Å². The summed E-state index contributed by atoms with van der Waals surface area (Å²) >= 11 is 0. The number of anilines is 2. The van der Waals surface area contributed by atoms with Crippen LogP contribution in [-0.2, 0) is 0 Å². The monoisotopic (exact) mass is 478 g/mol. The molecule has 0 unspecified atom stereocenters. The van der Waals surface area contributed by atoms with E-state index in [4.69, 9.17) is 0 Å². The molecule has 2 heterocycles. The van der Waals surface area contributed by atoms with Gasteiger partial charge in [0, 0.05) is 0 Å². The predicted molar refractivity (Wildman–Crippen MR) is 137 cm³/mol. The van der Waals surface area contributed by atoms with Gasteiger partial charge in [-0.05, 0) is 48.5 Å². The molecule has 0 bridgehead atoms. The predicted octanol–water partition coefficient (Wildman–Crippen LogP) is 4.51. The lowest BCUT2D eigenvalue weighted by Crippen LogP contribution is -2.35. The Labute approximate surface area is 205 Å². The summed E-state index contributed by atoms with van der Waals surface area (Å²) in [4.78, 5) is 0. The summed E-state index contributed by atoms with van der Waals surface area (Å²) in [6.45, 7) is 0. The van der Waals surface area contributed by atoms with Crippen LogP contribution < -0.4 is 10.6 Å². The Morgan fingerprint density at radius 3 is 1.36 bits per heavy atom. The Hall–Kier alpha value is -5.12. The molecule has 0 spiro atoms. The Morgan fingerprint density at radius 1 is 0.528 bits per heavy atom. The first kappa shape index (κ1) is 21.4. The van der Waals surface area contributed by atoms with Gasteiger partial charge in [-0.25, -0.2) is 9.36 Å². The van der Waals surface area contributed by atoms with E-state index in [1.807, 2.05) is 60.7 Å². The lowest BCUT2D eigenvalue weighted by atomic mass is 10.2. The van der Waals surface area contributed by atoms with Crippen LogP contribution in [0.25, 0.3) is 22.1 Å². The van der Waals surface area contributed by atoms with E-state index in [1.165, 1.54) is 0 Å². The van der Waals surface area contributed by atoms with E-state index in [-0.39, 0.29) is 11.5 Å². The maximum absolute atomic E-state index is 10.6.